The number of rotatable bonds is 5. The number of nitrogens with zero attached hydrogens (tertiary/aromatic N) is 2. The van der Waals surface area contributed by atoms with Gasteiger partial charge in [0.05, 0.1) is 0 Å². The van der Waals surface area contributed by atoms with Crippen LogP contribution in [-0.2, 0) is 16.4 Å². The van der Waals surface area contributed by atoms with Gasteiger partial charge in [0, 0.05) is 12.2 Å². The van der Waals surface area contributed by atoms with Gasteiger partial charge in [0.1, 0.15) is 11.0 Å². The summed E-state index contributed by atoms with van der Waals surface area (Å²) in [6.45, 7) is 1.79. The molecular weight excluding hydrogens is 294 g/mol. The molecule has 0 bridgehead atoms. The van der Waals surface area contributed by atoms with E-state index in [9.17, 15) is 8.42 Å². The van der Waals surface area contributed by atoms with E-state index in [-0.39, 0.29) is 16.6 Å². The van der Waals surface area contributed by atoms with Crippen LogP contribution in [-0.4, -0.2) is 19.4 Å². The highest BCUT2D eigenvalue weighted by atomic mass is 32.2. The first-order chi connectivity index (χ1) is 9.53. The molecular formula is C13H13N3O2S2. The van der Waals surface area contributed by atoms with Crippen LogP contribution in [0.25, 0.3) is 0 Å². The predicted octanol–water partition coefficient (Wildman–Crippen LogP) is 1.92. The number of nitriles is 1. The molecule has 2 rings (SSSR count). The predicted molar refractivity (Wildman–Crippen MR) is 76.8 cm³/mol. The second kappa shape index (κ2) is 6.13. The molecule has 2 heterocycles. The molecule has 0 aliphatic heterocycles. The van der Waals surface area contributed by atoms with Crippen molar-refractivity contribution in [3.05, 3.63) is 46.4 Å². The van der Waals surface area contributed by atoms with Crippen molar-refractivity contribution >= 4 is 21.4 Å². The van der Waals surface area contributed by atoms with Crippen LogP contribution in [0.2, 0.25) is 0 Å². The second-order valence-electron chi connectivity index (χ2n) is 4.32. The third kappa shape index (κ3) is 3.42. The molecule has 20 heavy (non-hydrogen) atoms. The Hall–Kier alpha value is -1.75. The maximum atomic E-state index is 12.3. The minimum Gasteiger partial charge on any atom is -0.244 e. The van der Waals surface area contributed by atoms with Gasteiger partial charge in [-0.25, -0.2) is 18.1 Å². The average molecular weight is 307 g/mol. The molecule has 1 unspecified atom stereocenters. The molecule has 0 spiro atoms. The lowest BCUT2D eigenvalue weighted by Gasteiger charge is -2.13. The smallest absolute Gasteiger partial charge is 0.243 e. The van der Waals surface area contributed by atoms with Crippen molar-refractivity contribution in [1.29, 1.82) is 5.26 Å². The van der Waals surface area contributed by atoms with Gasteiger partial charge in [0.2, 0.25) is 10.0 Å². The topological polar surface area (TPSA) is 82.8 Å². The summed E-state index contributed by atoms with van der Waals surface area (Å²) >= 11 is 1.57. The van der Waals surface area contributed by atoms with Crippen molar-refractivity contribution in [3.63, 3.8) is 0 Å². The van der Waals surface area contributed by atoms with Crippen molar-refractivity contribution in [2.24, 2.45) is 0 Å². The molecule has 5 nitrogen and oxygen atoms in total. The summed E-state index contributed by atoms with van der Waals surface area (Å²) < 4.78 is 27.1. The highest BCUT2D eigenvalue weighted by Crippen LogP contribution is 2.14. The Bertz CT molecular complexity index is 718. The van der Waals surface area contributed by atoms with E-state index in [0.29, 0.717) is 6.42 Å². The number of nitrogens with one attached hydrogen (secondary N) is 1. The number of pyridine rings is 1. The second-order valence-corrected chi connectivity index (χ2v) is 6.78. The Kier molecular flexibility index (Phi) is 4.49. The van der Waals surface area contributed by atoms with Crippen LogP contribution in [0.15, 0.2) is 40.1 Å². The molecule has 0 amide bonds. The molecule has 0 aliphatic carbocycles. The minimum absolute atomic E-state index is 0.0836. The van der Waals surface area contributed by atoms with E-state index in [0.717, 1.165) is 5.56 Å². The van der Waals surface area contributed by atoms with Gasteiger partial charge in [0.25, 0.3) is 0 Å². The number of hydrogen-bond donors (Lipinski definition) is 1. The van der Waals surface area contributed by atoms with Crippen molar-refractivity contribution in [1.82, 2.24) is 9.71 Å². The van der Waals surface area contributed by atoms with Gasteiger partial charge in [-0.3, -0.25) is 0 Å². The highest BCUT2D eigenvalue weighted by Gasteiger charge is 2.21. The summed E-state index contributed by atoms with van der Waals surface area (Å²) in [5.74, 6) is 0. The maximum absolute atomic E-state index is 12.3. The largest absolute Gasteiger partial charge is 0.244 e. The Labute approximate surface area is 122 Å². The molecule has 2 aromatic heterocycles. The molecule has 0 fully saturated rings. The minimum atomic E-state index is -3.74. The monoisotopic (exact) mass is 307 g/mol. The first-order valence-corrected chi connectivity index (χ1v) is 8.34. The van der Waals surface area contributed by atoms with Crippen LogP contribution in [0.4, 0.5) is 0 Å². The van der Waals surface area contributed by atoms with Crippen LogP contribution in [0.5, 0.6) is 0 Å². The van der Waals surface area contributed by atoms with E-state index in [1.165, 1.54) is 18.3 Å². The van der Waals surface area contributed by atoms with E-state index >= 15 is 0 Å². The number of thiophene rings is 1. The average Bonchev–Trinajstić information content (AvgIpc) is 2.90. The van der Waals surface area contributed by atoms with Crippen molar-refractivity contribution in [2.45, 2.75) is 24.3 Å². The summed E-state index contributed by atoms with van der Waals surface area (Å²) in [4.78, 5) is 3.68. The molecule has 0 aliphatic rings. The first-order valence-electron chi connectivity index (χ1n) is 5.91. The fourth-order valence-electron chi connectivity index (χ4n) is 1.82. The van der Waals surface area contributed by atoms with Gasteiger partial charge in [0.15, 0.2) is 5.69 Å². The molecule has 0 saturated carbocycles. The maximum Gasteiger partial charge on any atom is 0.243 e. The van der Waals surface area contributed by atoms with E-state index in [4.69, 9.17) is 5.26 Å². The normalized spacial score (nSPS) is 12.8. The zero-order valence-electron chi connectivity index (χ0n) is 10.8. The Morgan fingerprint density at radius 1 is 1.50 bits per heavy atom. The lowest BCUT2D eigenvalue weighted by molar-refractivity contribution is 0.559. The third-order valence-corrected chi connectivity index (χ3v) is 5.00. The summed E-state index contributed by atoms with van der Waals surface area (Å²) in [6, 6.07) is 6.37. The standard InChI is InChI=1S/C13H13N3O2S2/c1-10(7-11-4-6-19-9-11)16-20(17,18)13-3-2-5-15-12(13)8-14/h2-6,9-10,16H,7H2,1H3. The molecule has 7 heteroatoms. The number of sulfonamides is 1. The van der Waals surface area contributed by atoms with Crippen molar-refractivity contribution in [2.75, 3.05) is 0 Å². The van der Waals surface area contributed by atoms with Crippen LogP contribution in [0, 0.1) is 11.3 Å². The van der Waals surface area contributed by atoms with Crippen LogP contribution in [0.1, 0.15) is 18.2 Å². The molecule has 104 valence electrons. The number of aromatic nitrogens is 1. The molecule has 0 aromatic carbocycles. The van der Waals surface area contributed by atoms with Gasteiger partial charge in [-0.2, -0.15) is 16.6 Å². The Morgan fingerprint density at radius 3 is 2.95 bits per heavy atom. The van der Waals surface area contributed by atoms with E-state index < -0.39 is 10.0 Å². The van der Waals surface area contributed by atoms with Crippen LogP contribution >= 0.6 is 11.3 Å². The SMILES string of the molecule is CC(Cc1ccsc1)NS(=O)(=O)c1cccnc1C#N. The van der Waals surface area contributed by atoms with E-state index in [2.05, 4.69) is 9.71 Å². The highest BCUT2D eigenvalue weighted by molar-refractivity contribution is 7.89. The van der Waals surface area contributed by atoms with Crippen molar-refractivity contribution in [3.8, 4) is 6.07 Å². The van der Waals surface area contributed by atoms with Gasteiger partial charge < -0.3 is 0 Å². The van der Waals surface area contributed by atoms with Gasteiger partial charge in [-0.15, -0.1) is 0 Å². The zero-order valence-corrected chi connectivity index (χ0v) is 12.4. The fraction of sp³-hybridized carbons (Fsp3) is 0.231. The Balaban J connectivity index is 2.17. The summed E-state index contributed by atoms with van der Waals surface area (Å²) in [7, 11) is -3.74. The summed E-state index contributed by atoms with van der Waals surface area (Å²) in [5, 5.41) is 12.9. The van der Waals surface area contributed by atoms with E-state index in [1.807, 2.05) is 16.8 Å². The van der Waals surface area contributed by atoms with Crippen LogP contribution in [0.3, 0.4) is 0 Å². The molecule has 0 radical (unpaired) electrons. The quantitative estimate of drug-likeness (QED) is 0.915. The fourth-order valence-corrected chi connectivity index (χ4v) is 3.86. The number of hydrogen-bond acceptors (Lipinski definition) is 5. The third-order valence-electron chi connectivity index (χ3n) is 2.64. The summed E-state index contributed by atoms with van der Waals surface area (Å²) in [6.07, 6.45) is 2.00. The van der Waals surface area contributed by atoms with Crippen LogP contribution < -0.4 is 4.72 Å². The molecule has 0 saturated heterocycles. The van der Waals surface area contributed by atoms with Gasteiger partial charge in [-0.1, -0.05) is 0 Å². The van der Waals surface area contributed by atoms with Crippen molar-refractivity contribution < 1.29 is 8.42 Å². The van der Waals surface area contributed by atoms with E-state index in [1.54, 1.807) is 24.3 Å². The molecule has 1 N–H and O–H groups in total. The summed E-state index contributed by atoms with van der Waals surface area (Å²) in [5.41, 5.74) is 0.986. The lowest BCUT2D eigenvalue weighted by atomic mass is 10.1. The zero-order chi connectivity index (χ0) is 14.6. The Morgan fingerprint density at radius 2 is 2.30 bits per heavy atom. The van der Waals surface area contributed by atoms with Gasteiger partial charge in [-0.05, 0) is 47.9 Å². The first kappa shape index (κ1) is 14.7. The lowest BCUT2D eigenvalue weighted by Crippen LogP contribution is -2.34. The molecule has 1 atom stereocenters. The molecule has 2 aromatic rings. The van der Waals surface area contributed by atoms with Gasteiger partial charge >= 0.3 is 0 Å².